The van der Waals surface area contributed by atoms with Gasteiger partial charge in [0.25, 0.3) is 0 Å². The smallest absolute Gasteiger partial charge is 0.340 e. The molecule has 1 atom stereocenters. The average molecular weight is 255 g/mol. The van der Waals surface area contributed by atoms with Crippen molar-refractivity contribution in [2.24, 2.45) is 0 Å². The number of benzene rings is 1. The number of nitrogens with one attached hydrogen (secondary N) is 1. The third-order valence-corrected chi connectivity index (χ3v) is 3.84. The molecule has 0 aromatic heterocycles. The molecular formula is C12H14FNO2S. The Hall–Kier alpha value is -1.23. The summed E-state index contributed by atoms with van der Waals surface area (Å²) in [4.78, 5) is 11.5. The average Bonchev–Trinajstić information content (AvgIpc) is 2.83. The highest BCUT2D eigenvalue weighted by Crippen LogP contribution is 2.24. The summed E-state index contributed by atoms with van der Waals surface area (Å²) in [5.41, 5.74) is 0.898. The predicted octanol–water partition coefficient (Wildman–Crippen LogP) is 2.53. The molecule has 0 bridgehead atoms. The number of halogens is 1. The summed E-state index contributed by atoms with van der Waals surface area (Å²) in [5.74, 6) is 1.18. The second kappa shape index (κ2) is 5.40. The van der Waals surface area contributed by atoms with Crippen molar-refractivity contribution < 1.29 is 13.9 Å². The van der Waals surface area contributed by atoms with E-state index in [9.17, 15) is 9.18 Å². The molecule has 17 heavy (non-hydrogen) atoms. The number of anilines is 1. The number of carbonyl (C=O) groups is 1. The van der Waals surface area contributed by atoms with Crippen LogP contribution in [0.2, 0.25) is 0 Å². The number of rotatable bonds is 3. The van der Waals surface area contributed by atoms with Crippen LogP contribution in [-0.4, -0.2) is 30.6 Å². The van der Waals surface area contributed by atoms with E-state index in [4.69, 9.17) is 0 Å². The van der Waals surface area contributed by atoms with Gasteiger partial charge in [-0.05, 0) is 30.4 Å². The molecule has 2 rings (SSSR count). The van der Waals surface area contributed by atoms with Crippen LogP contribution in [0.4, 0.5) is 10.1 Å². The first-order valence-electron chi connectivity index (χ1n) is 5.43. The summed E-state index contributed by atoms with van der Waals surface area (Å²) >= 11 is 1.87. The fraction of sp³-hybridized carbons (Fsp3) is 0.417. The van der Waals surface area contributed by atoms with Gasteiger partial charge in [0, 0.05) is 17.5 Å². The monoisotopic (exact) mass is 255 g/mol. The van der Waals surface area contributed by atoms with Crippen LogP contribution < -0.4 is 5.32 Å². The standard InChI is InChI=1S/C12H14FNO2S/c1-16-12(15)10-6-8(13)2-3-11(10)14-9-4-5-17-7-9/h2-3,6,9,14H,4-5,7H2,1H3. The van der Waals surface area contributed by atoms with Gasteiger partial charge in [-0.2, -0.15) is 11.8 Å². The van der Waals surface area contributed by atoms with Gasteiger partial charge in [0.05, 0.1) is 12.7 Å². The highest BCUT2D eigenvalue weighted by Gasteiger charge is 2.19. The van der Waals surface area contributed by atoms with E-state index in [2.05, 4.69) is 10.1 Å². The number of thioether (sulfide) groups is 1. The van der Waals surface area contributed by atoms with Gasteiger partial charge in [0.1, 0.15) is 5.82 Å². The van der Waals surface area contributed by atoms with Gasteiger partial charge in [-0.1, -0.05) is 0 Å². The Labute approximate surface area is 104 Å². The van der Waals surface area contributed by atoms with E-state index < -0.39 is 11.8 Å². The molecule has 92 valence electrons. The molecule has 0 radical (unpaired) electrons. The van der Waals surface area contributed by atoms with Crippen molar-refractivity contribution in [3.8, 4) is 0 Å². The molecule has 0 aliphatic carbocycles. The number of hydrogen-bond acceptors (Lipinski definition) is 4. The minimum atomic E-state index is -0.516. The van der Waals surface area contributed by atoms with Crippen molar-refractivity contribution in [3.05, 3.63) is 29.6 Å². The Morgan fingerprint density at radius 3 is 3.06 bits per heavy atom. The van der Waals surface area contributed by atoms with E-state index in [0.29, 0.717) is 11.7 Å². The molecule has 0 saturated carbocycles. The van der Waals surface area contributed by atoms with Gasteiger partial charge in [-0.15, -0.1) is 0 Å². The maximum Gasteiger partial charge on any atom is 0.340 e. The summed E-state index contributed by atoms with van der Waals surface area (Å²) in [6.07, 6.45) is 1.06. The molecule has 1 aromatic carbocycles. The number of esters is 1. The molecule has 1 fully saturated rings. The lowest BCUT2D eigenvalue weighted by molar-refractivity contribution is 0.0601. The van der Waals surface area contributed by atoms with Crippen LogP contribution >= 0.6 is 11.8 Å². The zero-order valence-corrected chi connectivity index (χ0v) is 10.3. The van der Waals surface area contributed by atoms with Crippen LogP contribution in [0.25, 0.3) is 0 Å². The molecule has 5 heteroatoms. The highest BCUT2D eigenvalue weighted by atomic mass is 32.2. The van der Waals surface area contributed by atoms with Gasteiger partial charge in [0.2, 0.25) is 0 Å². The Bertz CT molecular complexity index is 419. The summed E-state index contributed by atoms with van der Waals surface area (Å²) in [5, 5.41) is 3.26. The second-order valence-corrected chi connectivity index (χ2v) is 5.04. The SMILES string of the molecule is COC(=O)c1cc(F)ccc1NC1CCSC1. The van der Waals surface area contributed by atoms with E-state index in [1.54, 1.807) is 6.07 Å². The third-order valence-electron chi connectivity index (χ3n) is 2.68. The van der Waals surface area contributed by atoms with Crippen LogP contribution in [0, 0.1) is 5.82 Å². The quantitative estimate of drug-likeness (QED) is 0.842. The molecule has 0 spiro atoms. The summed E-state index contributed by atoms with van der Waals surface area (Å²) in [7, 11) is 1.29. The number of ether oxygens (including phenoxy) is 1. The van der Waals surface area contributed by atoms with Gasteiger partial charge < -0.3 is 10.1 Å². The first-order chi connectivity index (χ1) is 8.20. The lowest BCUT2D eigenvalue weighted by Crippen LogP contribution is -2.20. The number of methoxy groups -OCH3 is 1. The Balaban J connectivity index is 2.22. The topological polar surface area (TPSA) is 38.3 Å². The lowest BCUT2D eigenvalue weighted by atomic mass is 10.1. The fourth-order valence-electron chi connectivity index (χ4n) is 1.79. The van der Waals surface area contributed by atoms with Crippen molar-refractivity contribution in [2.45, 2.75) is 12.5 Å². The minimum Gasteiger partial charge on any atom is -0.465 e. The van der Waals surface area contributed by atoms with Crippen molar-refractivity contribution in [3.63, 3.8) is 0 Å². The molecule has 1 saturated heterocycles. The number of hydrogen-bond donors (Lipinski definition) is 1. The van der Waals surface area contributed by atoms with Gasteiger partial charge >= 0.3 is 5.97 Å². The van der Waals surface area contributed by atoms with E-state index in [-0.39, 0.29) is 5.56 Å². The van der Waals surface area contributed by atoms with Gasteiger partial charge in [-0.3, -0.25) is 0 Å². The highest BCUT2D eigenvalue weighted by molar-refractivity contribution is 7.99. The van der Waals surface area contributed by atoms with Gasteiger partial charge in [-0.25, -0.2) is 9.18 Å². The Morgan fingerprint density at radius 1 is 1.59 bits per heavy atom. The molecule has 1 aliphatic rings. The van der Waals surface area contributed by atoms with E-state index in [1.807, 2.05) is 11.8 Å². The van der Waals surface area contributed by atoms with Crippen molar-refractivity contribution in [2.75, 3.05) is 23.9 Å². The summed E-state index contributed by atoms with van der Waals surface area (Å²) in [6.45, 7) is 0. The van der Waals surface area contributed by atoms with Crippen molar-refractivity contribution >= 4 is 23.4 Å². The molecule has 0 amide bonds. The van der Waals surface area contributed by atoms with E-state index in [0.717, 1.165) is 17.9 Å². The Kier molecular flexibility index (Phi) is 3.89. The zero-order chi connectivity index (χ0) is 12.3. The van der Waals surface area contributed by atoms with Crippen LogP contribution in [0.1, 0.15) is 16.8 Å². The first kappa shape index (κ1) is 12.2. The minimum absolute atomic E-state index is 0.254. The van der Waals surface area contributed by atoms with Crippen molar-refractivity contribution in [1.82, 2.24) is 0 Å². The fourth-order valence-corrected chi connectivity index (χ4v) is 2.94. The maximum atomic E-state index is 13.1. The lowest BCUT2D eigenvalue weighted by Gasteiger charge is -2.15. The zero-order valence-electron chi connectivity index (χ0n) is 9.53. The normalized spacial score (nSPS) is 19.1. The predicted molar refractivity (Wildman–Crippen MR) is 67.1 cm³/mol. The molecule has 1 N–H and O–H groups in total. The second-order valence-electron chi connectivity index (χ2n) is 3.89. The number of carbonyl (C=O) groups excluding carboxylic acids is 1. The molecule has 1 unspecified atom stereocenters. The molecule has 1 heterocycles. The van der Waals surface area contributed by atoms with Gasteiger partial charge in [0.15, 0.2) is 0 Å². The molecule has 1 aliphatic heterocycles. The Morgan fingerprint density at radius 2 is 2.41 bits per heavy atom. The van der Waals surface area contributed by atoms with E-state index in [1.165, 1.54) is 19.2 Å². The largest absolute Gasteiger partial charge is 0.465 e. The van der Waals surface area contributed by atoms with Crippen LogP contribution in [0.3, 0.4) is 0 Å². The summed E-state index contributed by atoms with van der Waals surface area (Å²) < 4.78 is 17.8. The molecule has 3 nitrogen and oxygen atoms in total. The first-order valence-corrected chi connectivity index (χ1v) is 6.58. The van der Waals surface area contributed by atoms with E-state index >= 15 is 0 Å². The molecule has 1 aromatic rings. The third kappa shape index (κ3) is 2.91. The summed E-state index contributed by atoms with van der Waals surface area (Å²) in [6, 6.07) is 4.48. The van der Waals surface area contributed by atoms with Crippen LogP contribution in [0.5, 0.6) is 0 Å². The van der Waals surface area contributed by atoms with Crippen LogP contribution in [0.15, 0.2) is 18.2 Å². The van der Waals surface area contributed by atoms with Crippen LogP contribution in [-0.2, 0) is 4.74 Å². The van der Waals surface area contributed by atoms with Crippen molar-refractivity contribution in [1.29, 1.82) is 0 Å². The maximum absolute atomic E-state index is 13.1. The molecular weight excluding hydrogens is 241 g/mol.